The molecule has 0 saturated heterocycles. The van der Waals surface area contributed by atoms with Gasteiger partial charge >= 0.3 is 11.7 Å². The van der Waals surface area contributed by atoms with E-state index in [-0.39, 0.29) is 12.1 Å². The lowest BCUT2D eigenvalue weighted by Crippen LogP contribution is -2.50. The quantitative estimate of drug-likeness (QED) is 0.289. The molecular weight excluding hydrogens is 316 g/mol. The smallest absolute Gasteiger partial charge is 0.328 e. The number of hydrogen-bond donors (Lipinski definition) is 2. The number of rotatable bonds is 8. The summed E-state index contributed by atoms with van der Waals surface area (Å²) in [5, 5.41) is -0.973. The average molecular weight is 337 g/mol. The van der Waals surface area contributed by atoms with Gasteiger partial charge in [-0.2, -0.15) is 0 Å². The monoisotopic (exact) mass is 337 g/mol. The van der Waals surface area contributed by atoms with Gasteiger partial charge < -0.3 is 15.2 Å². The number of aldehydes is 1. The van der Waals surface area contributed by atoms with Crippen LogP contribution >= 0.6 is 0 Å². The fourth-order valence-corrected chi connectivity index (χ4v) is 2.40. The summed E-state index contributed by atoms with van der Waals surface area (Å²) in [6, 6.07) is -0.422. The Balaban J connectivity index is 3.05. The highest BCUT2D eigenvalue weighted by Crippen LogP contribution is 2.21. The van der Waals surface area contributed by atoms with E-state index in [1.807, 2.05) is 0 Å². The molecule has 9 nitrogen and oxygen atoms in total. The normalized spacial score (nSPS) is 14.0. The van der Waals surface area contributed by atoms with E-state index in [0.29, 0.717) is 12.7 Å². The fraction of sp³-hybridized carbons (Fsp3) is 0.538. The van der Waals surface area contributed by atoms with Gasteiger partial charge in [0.15, 0.2) is 22.0 Å². The van der Waals surface area contributed by atoms with Gasteiger partial charge in [-0.05, 0) is 13.3 Å². The van der Waals surface area contributed by atoms with Gasteiger partial charge in [0.05, 0.1) is 23.6 Å². The van der Waals surface area contributed by atoms with Crippen LogP contribution in [-0.2, 0) is 14.3 Å². The zero-order valence-corrected chi connectivity index (χ0v) is 14.2. The molecule has 0 saturated carbocycles. The molecule has 0 spiro atoms. The number of nitrogens with zero attached hydrogens (tertiary/aromatic N) is 1. The van der Waals surface area contributed by atoms with Crippen molar-refractivity contribution in [1.82, 2.24) is 9.55 Å². The van der Waals surface area contributed by atoms with E-state index < -0.39 is 34.8 Å². The maximum absolute atomic E-state index is 11.9. The molecule has 1 heterocycles. The van der Waals surface area contributed by atoms with E-state index in [4.69, 9.17) is 15.2 Å². The zero-order chi connectivity index (χ0) is 18.5. The highest BCUT2D eigenvalue weighted by molar-refractivity contribution is 6.40. The number of nitrogens with two attached hydrogens (primary N) is 1. The van der Waals surface area contributed by atoms with Crippen molar-refractivity contribution >= 4 is 27.9 Å². The SMILES string of the molecule is BC(B)(OC(=O)CN)C(CC(C)n1cc(C=O)c(=O)[nH]c1=O)OC. The molecule has 0 aliphatic rings. The highest BCUT2D eigenvalue weighted by atomic mass is 16.6. The summed E-state index contributed by atoms with van der Waals surface area (Å²) in [6.45, 7) is 1.47. The molecule has 0 aliphatic heterocycles. The van der Waals surface area contributed by atoms with Gasteiger partial charge in [0, 0.05) is 19.3 Å². The standard InChI is InChI=1S/C13H21B2N3O6/c1-7(18-5-8(6-19)11(21)17-12(18)22)3-9(23-2)13(14,15)24-10(20)4-16/h5-7,9H,3-4,14-16H2,1-2H3,(H,17,21,22). The maximum atomic E-state index is 11.9. The minimum atomic E-state index is -0.973. The first-order chi connectivity index (χ1) is 11.2. The molecular formula is C13H21B2N3O6. The van der Waals surface area contributed by atoms with E-state index in [1.165, 1.54) is 17.9 Å². The summed E-state index contributed by atoms with van der Waals surface area (Å²) < 4.78 is 11.9. The van der Waals surface area contributed by atoms with E-state index in [9.17, 15) is 19.2 Å². The van der Waals surface area contributed by atoms with Crippen molar-refractivity contribution < 1.29 is 19.1 Å². The number of carbonyl (C=O) groups is 2. The van der Waals surface area contributed by atoms with Gasteiger partial charge in [-0.25, -0.2) is 4.79 Å². The number of ether oxygens (including phenoxy) is 2. The summed E-state index contributed by atoms with van der Waals surface area (Å²) in [7, 11) is 4.81. The molecule has 0 aliphatic carbocycles. The lowest BCUT2D eigenvalue weighted by molar-refractivity contribution is -0.152. The Kier molecular flexibility index (Phi) is 6.73. The summed E-state index contributed by atoms with van der Waals surface area (Å²) >= 11 is 0. The molecule has 0 bridgehead atoms. The highest BCUT2D eigenvalue weighted by Gasteiger charge is 2.34. The number of carbonyl (C=O) groups excluding carboxylic acids is 2. The van der Waals surface area contributed by atoms with Crippen LogP contribution < -0.4 is 17.0 Å². The van der Waals surface area contributed by atoms with Crippen molar-refractivity contribution in [3.8, 4) is 0 Å². The van der Waals surface area contributed by atoms with Crippen molar-refractivity contribution in [2.24, 2.45) is 5.73 Å². The lowest BCUT2D eigenvalue weighted by atomic mass is 9.60. The zero-order valence-electron chi connectivity index (χ0n) is 14.2. The number of methoxy groups -OCH3 is 1. The lowest BCUT2D eigenvalue weighted by Gasteiger charge is -2.35. The number of H-pyrrole nitrogens is 1. The predicted octanol–water partition coefficient (Wildman–Crippen LogP) is -3.26. The number of nitrogens with one attached hydrogen (secondary N) is 1. The molecule has 11 heteroatoms. The van der Waals surface area contributed by atoms with Crippen LogP contribution in [-0.4, -0.2) is 62.7 Å². The van der Waals surface area contributed by atoms with Crippen molar-refractivity contribution in [3.63, 3.8) is 0 Å². The van der Waals surface area contributed by atoms with Crippen molar-refractivity contribution in [2.75, 3.05) is 13.7 Å². The largest absolute Gasteiger partial charge is 0.474 e. The number of aromatic nitrogens is 2. The van der Waals surface area contributed by atoms with Crippen LogP contribution in [0.2, 0.25) is 0 Å². The van der Waals surface area contributed by atoms with Crippen LogP contribution in [0.15, 0.2) is 15.8 Å². The van der Waals surface area contributed by atoms with Crippen LogP contribution in [0, 0.1) is 0 Å². The molecule has 2 atom stereocenters. The van der Waals surface area contributed by atoms with Crippen LogP contribution in [0.3, 0.4) is 0 Å². The molecule has 0 fully saturated rings. The second-order valence-corrected chi connectivity index (χ2v) is 5.96. The Morgan fingerprint density at radius 2 is 2.12 bits per heavy atom. The molecule has 0 amide bonds. The molecule has 130 valence electrons. The van der Waals surface area contributed by atoms with E-state index >= 15 is 0 Å². The molecule has 0 aromatic carbocycles. The Morgan fingerprint density at radius 3 is 2.62 bits per heavy atom. The molecule has 24 heavy (non-hydrogen) atoms. The molecule has 1 rings (SSSR count). The van der Waals surface area contributed by atoms with Gasteiger partial charge in [0.1, 0.15) is 0 Å². The Labute approximate surface area is 140 Å². The van der Waals surface area contributed by atoms with E-state index in [1.54, 1.807) is 22.6 Å². The number of hydrogen-bond acceptors (Lipinski definition) is 7. The third-order valence-electron chi connectivity index (χ3n) is 3.76. The maximum Gasteiger partial charge on any atom is 0.328 e. The summed E-state index contributed by atoms with van der Waals surface area (Å²) in [4.78, 5) is 47.8. The first-order valence-corrected chi connectivity index (χ1v) is 7.41. The minimum Gasteiger partial charge on any atom is -0.474 e. The van der Waals surface area contributed by atoms with E-state index in [0.717, 1.165) is 0 Å². The van der Waals surface area contributed by atoms with Crippen LogP contribution in [0.1, 0.15) is 29.7 Å². The summed E-state index contributed by atoms with van der Waals surface area (Å²) in [5.74, 6) is -0.570. The van der Waals surface area contributed by atoms with Gasteiger partial charge in [-0.1, -0.05) is 0 Å². The molecule has 1 aromatic heterocycles. The fourth-order valence-electron chi connectivity index (χ4n) is 2.40. The predicted molar refractivity (Wildman–Crippen MR) is 91.8 cm³/mol. The first-order valence-electron chi connectivity index (χ1n) is 7.41. The number of aromatic amines is 1. The van der Waals surface area contributed by atoms with Crippen molar-refractivity contribution in [2.45, 2.75) is 30.9 Å². The minimum absolute atomic E-state index is 0.149. The van der Waals surface area contributed by atoms with Crippen molar-refractivity contribution in [1.29, 1.82) is 0 Å². The summed E-state index contributed by atoms with van der Waals surface area (Å²) in [6.07, 6.45) is 1.33. The third kappa shape index (κ3) is 4.68. The summed E-state index contributed by atoms with van der Waals surface area (Å²) in [5.41, 5.74) is 3.73. The average Bonchev–Trinajstić information content (AvgIpc) is 2.51. The Bertz CT molecular complexity index is 714. The molecule has 0 radical (unpaired) electrons. The van der Waals surface area contributed by atoms with Gasteiger partial charge in [-0.3, -0.25) is 23.9 Å². The Morgan fingerprint density at radius 1 is 1.50 bits per heavy atom. The van der Waals surface area contributed by atoms with Crippen molar-refractivity contribution in [3.05, 3.63) is 32.6 Å². The second-order valence-electron chi connectivity index (χ2n) is 5.96. The van der Waals surface area contributed by atoms with Gasteiger partial charge in [0.25, 0.3) is 5.56 Å². The van der Waals surface area contributed by atoms with Crippen LogP contribution in [0.4, 0.5) is 0 Å². The second kappa shape index (κ2) is 8.11. The topological polar surface area (TPSA) is 133 Å². The first kappa shape index (κ1) is 19.9. The Hall–Kier alpha value is -2.13. The molecule has 1 aromatic rings. The van der Waals surface area contributed by atoms with Gasteiger partial charge in [0.2, 0.25) is 0 Å². The number of esters is 1. The van der Waals surface area contributed by atoms with Crippen LogP contribution in [0.25, 0.3) is 0 Å². The van der Waals surface area contributed by atoms with Gasteiger partial charge in [-0.15, -0.1) is 0 Å². The molecule has 2 unspecified atom stereocenters. The van der Waals surface area contributed by atoms with E-state index in [2.05, 4.69) is 4.98 Å². The third-order valence-corrected chi connectivity index (χ3v) is 3.76. The van der Waals surface area contributed by atoms with Crippen LogP contribution in [0.5, 0.6) is 0 Å². The molecule has 3 N–H and O–H groups in total.